The third-order valence-corrected chi connectivity index (χ3v) is 8.06. The molecule has 1 aliphatic rings. The van der Waals surface area contributed by atoms with Crippen LogP contribution in [0.4, 0.5) is 11.4 Å². The van der Waals surface area contributed by atoms with Crippen molar-refractivity contribution in [1.29, 1.82) is 0 Å². The number of ether oxygens (including phenoxy) is 1. The minimum atomic E-state index is -1.03. The summed E-state index contributed by atoms with van der Waals surface area (Å²) in [6.07, 6.45) is 1.48. The average molecular weight is 653 g/mol. The van der Waals surface area contributed by atoms with Crippen molar-refractivity contribution >= 4 is 50.7 Å². The first-order chi connectivity index (χ1) is 20.0. The largest absolute Gasteiger partial charge is 0.463 e. The van der Waals surface area contributed by atoms with Gasteiger partial charge in [0.05, 0.1) is 43.9 Å². The standard InChI is InChI=1S/C28H21BrN4O8S/c1-4-40-27(35)24-15(3)30-28-31(25(24)16-6-5-14(2)20(11-16)32(36)37)26(34)23(42-28)13-18-8-10-22(41-18)19-9-7-17(29)12-21(19)33(38)39/h5-13,25H,4H2,1-3H3/b23-13+/t25-/m1/s1. The number of halogens is 1. The second-order valence-electron chi connectivity index (χ2n) is 9.23. The molecule has 0 unspecified atom stereocenters. The van der Waals surface area contributed by atoms with Crippen LogP contribution < -0.4 is 14.9 Å². The van der Waals surface area contributed by atoms with Crippen LogP contribution in [0, 0.1) is 27.2 Å². The first kappa shape index (κ1) is 28.8. The number of thiazole rings is 1. The summed E-state index contributed by atoms with van der Waals surface area (Å²) >= 11 is 4.28. The van der Waals surface area contributed by atoms with E-state index in [0.717, 1.165) is 11.3 Å². The molecule has 42 heavy (non-hydrogen) atoms. The lowest BCUT2D eigenvalue weighted by Crippen LogP contribution is -2.40. The van der Waals surface area contributed by atoms with Crippen LogP contribution in [-0.4, -0.2) is 27.0 Å². The maximum absolute atomic E-state index is 13.8. The number of carbonyl (C=O) groups is 1. The monoisotopic (exact) mass is 652 g/mol. The van der Waals surface area contributed by atoms with Crippen molar-refractivity contribution in [3.63, 3.8) is 0 Å². The summed E-state index contributed by atoms with van der Waals surface area (Å²) in [5, 5.41) is 23.3. The number of carbonyl (C=O) groups excluding carboxylic acids is 1. The van der Waals surface area contributed by atoms with E-state index in [1.807, 2.05) is 0 Å². The zero-order chi connectivity index (χ0) is 30.3. The van der Waals surface area contributed by atoms with Crippen molar-refractivity contribution in [2.45, 2.75) is 26.8 Å². The number of aryl methyl sites for hydroxylation is 1. The third-order valence-electron chi connectivity index (χ3n) is 6.58. The molecule has 2 aromatic carbocycles. The van der Waals surface area contributed by atoms with Crippen molar-refractivity contribution in [1.82, 2.24) is 4.57 Å². The predicted molar refractivity (Wildman–Crippen MR) is 157 cm³/mol. The lowest BCUT2D eigenvalue weighted by Gasteiger charge is -2.24. The average Bonchev–Trinajstić information content (AvgIpc) is 3.52. The molecule has 0 spiro atoms. The summed E-state index contributed by atoms with van der Waals surface area (Å²) < 4.78 is 13.2. The number of benzene rings is 2. The predicted octanol–water partition coefficient (Wildman–Crippen LogP) is 4.95. The lowest BCUT2D eigenvalue weighted by molar-refractivity contribution is -0.385. The number of nitrogens with zero attached hydrogens (tertiary/aromatic N) is 4. The molecule has 0 radical (unpaired) electrons. The Balaban J connectivity index is 1.67. The Bertz CT molecular complexity index is 2010. The van der Waals surface area contributed by atoms with Gasteiger partial charge in [-0.25, -0.2) is 9.79 Å². The second-order valence-corrected chi connectivity index (χ2v) is 11.2. The topological polar surface area (TPSA) is 160 Å². The van der Waals surface area contributed by atoms with Crippen LogP contribution in [0.3, 0.4) is 0 Å². The first-order valence-corrected chi connectivity index (χ1v) is 14.1. The molecule has 0 N–H and O–H groups in total. The molecule has 5 rings (SSSR count). The van der Waals surface area contributed by atoms with Crippen molar-refractivity contribution in [2.24, 2.45) is 4.99 Å². The molecule has 214 valence electrons. The maximum atomic E-state index is 13.8. The van der Waals surface area contributed by atoms with Crippen LogP contribution in [0.15, 0.2) is 78.5 Å². The van der Waals surface area contributed by atoms with Gasteiger partial charge in [0, 0.05) is 28.2 Å². The molecule has 1 aliphatic heterocycles. The van der Waals surface area contributed by atoms with Crippen LogP contribution in [-0.2, 0) is 9.53 Å². The number of rotatable bonds is 7. The van der Waals surface area contributed by atoms with Crippen molar-refractivity contribution in [2.75, 3.05) is 6.61 Å². The summed E-state index contributed by atoms with van der Waals surface area (Å²) in [5.74, 6) is -0.192. The van der Waals surface area contributed by atoms with E-state index in [0.29, 0.717) is 21.3 Å². The van der Waals surface area contributed by atoms with E-state index in [-0.39, 0.29) is 50.0 Å². The van der Waals surface area contributed by atoms with E-state index in [1.165, 1.54) is 22.8 Å². The van der Waals surface area contributed by atoms with Crippen molar-refractivity contribution in [3.8, 4) is 11.3 Å². The highest BCUT2D eigenvalue weighted by Gasteiger charge is 2.34. The second kappa shape index (κ2) is 11.3. The van der Waals surface area contributed by atoms with E-state index < -0.39 is 27.4 Å². The van der Waals surface area contributed by atoms with Gasteiger partial charge < -0.3 is 9.15 Å². The third kappa shape index (κ3) is 5.21. The van der Waals surface area contributed by atoms with Gasteiger partial charge in [-0.05, 0) is 50.6 Å². The molecule has 14 heteroatoms. The van der Waals surface area contributed by atoms with Gasteiger partial charge in [0.15, 0.2) is 4.80 Å². The number of aromatic nitrogens is 1. The quantitative estimate of drug-likeness (QED) is 0.154. The normalized spacial score (nSPS) is 14.9. The maximum Gasteiger partial charge on any atom is 0.338 e. The molecule has 1 atom stereocenters. The minimum absolute atomic E-state index is 0.0815. The highest BCUT2D eigenvalue weighted by molar-refractivity contribution is 9.10. The Morgan fingerprint density at radius 3 is 2.55 bits per heavy atom. The molecule has 0 amide bonds. The molecular weight excluding hydrogens is 632 g/mol. The number of allylic oxidation sites excluding steroid dienone is 1. The highest BCUT2D eigenvalue weighted by atomic mass is 79.9. The van der Waals surface area contributed by atoms with Gasteiger partial charge >= 0.3 is 5.97 Å². The summed E-state index contributed by atoms with van der Waals surface area (Å²) in [6, 6.07) is 11.2. The van der Waals surface area contributed by atoms with E-state index in [1.54, 1.807) is 57.2 Å². The van der Waals surface area contributed by atoms with E-state index in [4.69, 9.17) is 9.15 Å². The molecular formula is C28H21BrN4O8S. The lowest BCUT2D eigenvalue weighted by atomic mass is 9.94. The summed E-state index contributed by atoms with van der Waals surface area (Å²) in [4.78, 5) is 53.9. The Hall–Kier alpha value is -4.69. The molecule has 0 saturated heterocycles. The van der Waals surface area contributed by atoms with Crippen LogP contribution in [0.1, 0.15) is 36.8 Å². The van der Waals surface area contributed by atoms with Gasteiger partial charge in [-0.2, -0.15) is 0 Å². The fourth-order valence-electron chi connectivity index (χ4n) is 4.67. The molecule has 3 heterocycles. The number of nitro benzene ring substituents is 2. The summed E-state index contributed by atoms with van der Waals surface area (Å²) in [6.45, 7) is 4.94. The van der Waals surface area contributed by atoms with Crippen LogP contribution >= 0.6 is 27.3 Å². The molecule has 0 bridgehead atoms. The van der Waals surface area contributed by atoms with E-state index in [9.17, 15) is 29.8 Å². The Morgan fingerprint density at radius 1 is 1.12 bits per heavy atom. The number of hydrogen-bond donors (Lipinski definition) is 0. The minimum Gasteiger partial charge on any atom is -0.463 e. The number of nitro groups is 2. The van der Waals surface area contributed by atoms with Gasteiger partial charge in [-0.3, -0.25) is 29.6 Å². The van der Waals surface area contributed by atoms with Gasteiger partial charge in [-0.15, -0.1) is 0 Å². The van der Waals surface area contributed by atoms with Crippen LogP contribution in [0.25, 0.3) is 17.4 Å². The number of esters is 1. The fourth-order valence-corrected chi connectivity index (χ4v) is 6.04. The molecule has 4 aromatic rings. The Kier molecular flexibility index (Phi) is 7.75. The Labute approximate surface area is 249 Å². The highest BCUT2D eigenvalue weighted by Crippen LogP contribution is 2.35. The van der Waals surface area contributed by atoms with Crippen LogP contribution in [0.5, 0.6) is 0 Å². The van der Waals surface area contributed by atoms with Crippen LogP contribution in [0.2, 0.25) is 0 Å². The summed E-state index contributed by atoms with van der Waals surface area (Å²) in [5.41, 5.74) is 0.633. The Morgan fingerprint density at radius 2 is 1.86 bits per heavy atom. The molecule has 12 nitrogen and oxygen atoms in total. The van der Waals surface area contributed by atoms with Gasteiger partial charge in [0.2, 0.25) is 0 Å². The van der Waals surface area contributed by atoms with Crippen molar-refractivity contribution < 1.29 is 23.8 Å². The van der Waals surface area contributed by atoms with Gasteiger partial charge in [0.1, 0.15) is 11.5 Å². The number of hydrogen-bond acceptors (Lipinski definition) is 10. The zero-order valence-electron chi connectivity index (χ0n) is 22.3. The van der Waals surface area contributed by atoms with E-state index in [2.05, 4.69) is 20.9 Å². The SMILES string of the molecule is CCOC(=O)C1=C(C)N=c2s/c(=C/c3ccc(-c4ccc(Br)cc4[N+](=O)[O-])o3)c(=O)n2[C@@H]1c1ccc(C)c([N+](=O)[O-])c1. The number of furan rings is 1. The summed E-state index contributed by atoms with van der Waals surface area (Å²) in [7, 11) is 0. The molecule has 2 aromatic heterocycles. The van der Waals surface area contributed by atoms with Gasteiger partial charge in [0.25, 0.3) is 16.9 Å². The zero-order valence-corrected chi connectivity index (χ0v) is 24.7. The molecule has 0 aliphatic carbocycles. The first-order valence-electron chi connectivity index (χ1n) is 12.5. The molecule has 0 saturated carbocycles. The molecule has 0 fully saturated rings. The van der Waals surface area contributed by atoms with Crippen molar-refractivity contribution in [3.05, 3.63) is 121 Å². The fraction of sp³-hybridized carbons (Fsp3) is 0.179. The number of fused-ring (bicyclic) bond motifs is 1. The van der Waals surface area contributed by atoms with Gasteiger partial charge in [-0.1, -0.05) is 39.4 Å². The smallest absolute Gasteiger partial charge is 0.338 e. The van der Waals surface area contributed by atoms with E-state index >= 15 is 0 Å².